The van der Waals surface area contributed by atoms with Crippen LogP contribution >= 0.6 is 0 Å². The van der Waals surface area contributed by atoms with Gasteiger partial charge in [0.1, 0.15) is 5.75 Å². The second-order valence-electron chi connectivity index (χ2n) is 9.24. The first kappa shape index (κ1) is 23.4. The standard InChI is InChI=1S/C27H27F3N4O/c1-17(2)34-16-20(23-12-22(35-3)8-9-25(23)34)15-33-11-10-24-19(14-33)13-31-26(32-24)18-4-6-21(7-5-18)27(28,29)30/h4-9,12-13,16-17H,10-11,14-15H2,1-3H3. The Balaban J connectivity index is 1.36. The summed E-state index contributed by atoms with van der Waals surface area (Å²) in [6.07, 6.45) is 0.444. The minimum absolute atomic E-state index is 0.346. The van der Waals surface area contributed by atoms with Gasteiger partial charge >= 0.3 is 6.18 Å². The zero-order valence-corrected chi connectivity index (χ0v) is 19.9. The average Bonchev–Trinajstić information content (AvgIpc) is 3.21. The maximum Gasteiger partial charge on any atom is 0.416 e. The Labute approximate surface area is 202 Å². The van der Waals surface area contributed by atoms with E-state index < -0.39 is 11.7 Å². The number of ether oxygens (including phenoxy) is 1. The Hall–Kier alpha value is -3.39. The Morgan fingerprint density at radius 2 is 1.86 bits per heavy atom. The van der Waals surface area contributed by atoms with Crippen molar-refractivity contribution in [3.63, 3.8) is 0 Å². The number of benzene rings is 2. The Morgan fingerprint density at radius 3 is 2.54 bits per heavy atom. The second-order valence-corrected chi connectivity index (χ2v) is 9.24. The van der Waals surface area contributed by atoms with Gasteiger partial charge in [0.05, 0.1) is 18.4 Å². The number of hydrogen-bond acceptors (Lipinski definition) is 4. The van der Waals surface area contributed by atoms with Crippen LogP contribution in [0.5, 0.6) is 5.75 Å². The molecule has 0 spiro atoms. The molecule has 182 valence electrons. The van der Waals surface area contributed by atoms with E-state index >= 15 is 0 Å². The van der Waals surface area contributed by atoms with E-state index in [1.165, 1.54) is 28.6 Å². The largest absolute Gasteiger partial charge is 0.497 e. The number of methoxy groups -OCH3 is 1. The molecule has 8 heteroatoms. The van der Waals surface area contributed by atoms with E-state index in [1.807, 2.05) is 12.3 Å². The summed E-state index contributed by atoms with van der Waals surface area (Å²) in [5, 5.41) is 1.19. The molecule has 4 aromatic rings. The molecule has 0 radical (unpaired) electrons. The van der Waals surface area contributed by atoms with Gasteiger partial charge in [-0.2, -0.15) is 13.2 Å². The molecule has 5 nitrogen and oxygen atoms in total. The highest BCUT2D eigenvalue weighted by Gasteiger charge is 2.30. The van der Waals surface area contributed by atoms with E-state index in [0.717, 1.165) is 55.2 Å². The van der Waals surface area contributed by atoms with Crippen LogP contribution in [0.25, 0.3) is 22.3 Å². The van der Waals surface area contributed by atoms with Crippen LogP contribution in [0.2, 0.25) is 0 Å². The molecule has 0 bridgehead atoms. The summed E-state index contributed by atoms with van der Waals surface area (Å²) in [7, 11) is 1.68. The first-order valence-electron chi connectivity index (χ1n) is 11.6. The molecule has 2 aromatic carbocycles. The van der Waals surface area contributed by atoms with Crippen LogP contribution in [0, 0.1) is 0 Å². The molecule has 0 amide bonds. The minimum atomic E-state index is -4.36. The number of aromatic nitrogens is 3. The summed E-state index contributed by atoms with van der Waals surface area (Å²) in [5.74, 6) is 1.30. The first-order valence-corrected chi connectivity index (χ1v) is 11.6. The third-order valence-electron chi connectivity index (χ3n) is 6.56. The fourth-order valence-corrected chi connectivity index (χ4v) is 4.68. The number of nitrogens with zero attached hydrogens (tertiary/aromatic N) is 4. The number of rotatable bonds is 5. The van der Waals surface area contributed by atoms with E-state index in [0.29, 0.717) is 17.4 Å². The molecule has 0 aliphatic carbocycles. The first-order chi connectivity index (χ1) is 16.7. The van der Waals surface area contributed by atoms with Crippen molar-refractivity contribution in [3.05, 3.63) is 77.2 Å². The highest BCUT2D eigenvalue weighted by atomic mass is 19.4. The van der Waals surface area contributed by atoms with Crippen LogP contribution < -0.4 is 4.74 Å². The molecular weight excluding hydrogens is 453 g/mol. The van der Waals surface area contributed by atoms with Crippen LogP contribution in [0.15, 0.2) is 54.9 Å². The van der Waals surface area contributed by atoms with Crippen LogP contribution in [0.3, 0.4) is 0 Å². The van der Waals surface area contributed by atoms with Gasteiger partial charge < -0.3 is 9.30 Å². The van der Waals surface area contributed by atoms with Gasteiger partial charge in [0.15, 0.2) is 5.82 Å². The van der Waals surface area contributed by atoms with E-state index in [-0.39, 0.29) is 0 Å². The van der Waals surface area contributed by atoms with Crippen molar-refractivity contribution in [1.29, 1.82) is 0 Å². The highest BCUT2D eigenvalue weighted by molar-refractivity contribution is 5.85. The molecule has 2 aromatic heterocycles. The van der Waals surface area contributed by atoms with E-state index in [9.17, 15) is 13.2 Å². The maximum atomic E-state index is 12.9. The van der Waals surface area contributed by atoms with Gasteiger partial charge in [-0.3, -0.25) is 4.90 Å². The van der Waals surface area contributed by atoms with Gasteiger partial charge in [-0.05, 0) is 49.7 Å². The average molecular weight is 481 g/mol. The zero-order valence-electron chi connectivity index (χ0n) is 19.9. The third kappa shape index (κ3) is 4.62. The maximum absolute atomic E-state index is 12.9. The van der Waals surface area contributed by atoms with Gasteiger partial charge in [0.25, 0.3) is 0 Å². The number of hydrogen-bond donors (Lipinski definition) is 0. The topological polar surface area (TPSA) is 43.2 Å². The molecule has 0 atom stereocenters. The molecule has 35 heavy (non-hydrogen) atoms. The van der Waals surface area contributed by atoms with E-state index in [2.05, 4.69) is 51.6 Å². The van der Waals surface area contributed by atoms with Gasteiger partial charge in [-0.15, -0.1) is 0 Å². The summed E-state index contributed by atoms with van der Waals surface area (Å²) in [5.41, 5.74) is 4.36. The van der Waals surface area contributed by atoms with Crippen molar-refractivity contribution in [3.8, 4) is 17.1 Å². The molecule has 0 saturated carbocycles. The fraction of sp³-hybridized carbons (Fsp3) is 0.333. The zero-order chi connectivity index (χ0) is 24.7. The lowest BCUT2D eigenvalue weighted by atomic mass is 10.0. The van der Waals surface area contributed by atoms with E-state index in [4.69, 9.17) is 4.74 Å². The predicted molar refractivity (Wildman–Crippen MR) is 129 cm³/mol. The quantitative estimate of drug-likeness (QED) is 0.338. The Kier molecular flexibility index (Phi) is 6.01. The van der Waals surface area contributed by atoms with Crippen LogP contribution in [-0.2, 0) is 25.7 Å². The van der Waals surface area contributed by atoms with Crippen LogP contribution in [0.1, 0.15) is 42.3 Å². The van der Waals surface area contributed by atoms with Crippen molar-refractivity contribution in [2.45, 2.75) is 45.6 Å². The molecule has 0 unspecified atom stereocenters. The van der Waals surface area contributed by atoms with Crippen molar-refractivity contribution >= 4 is 10.9 Å². The summed E-state index contributed by atoms with van der Waals surface area (Å²) in [6.45, 7) is 6.71. The van der Waals surface area contributed by atoms with Gasteiger partial charge in [-0.25, -0.2) is 9.97 Å². The Bertz CT molecular complexity index is 1360. The molecular formula is C27H27F3N4O. The van der Waals surface area contributed by atoms with Crippen molar-refractivity contribution < 1.29 is 17.9 Å². The lowest BCUT2D eigenvalue weighted by Gasteiger charge is -2.28. The molecule has 3 heterocycles. The smallest absolute Gasteiger partial charge is 0.416 e. The lowest BCUT2D eigenvalue weighted by molar-refractivity contribution is -0.137. The van der Waals surface area contributed by atoms with Crippen molar-refractivity contribution in [2.24, 2.45) is 0 Å². The molecule has 0 saturated heterocycles. The molecule has 0 fully saturated rings. The van der Waals surface area contributed by atoms with Crippen LogP contribution in [-0.4, -0.2) is 33.1 Å². The Morgan fingerprint density at radius 1 is 1.09 bits per heavy atom. The summed E-state index contributed by atoms with van der Waals surface area (Å²) < 4.78 is 46.3. The van der Waals surface area contributed by atoms with Crippen molar-refractivity contribution in [2.75, 3.05) is 13.7 Å². The number of alkyl halides is 3. The summed E-state index contributed by atoms with van der Waals surface area (Å²) >= 11 is 0. The second kappa shape index (κ2) is 9.00. The molecule has 0 N–H and O–H groups in total. The van der Waals surface area contributed by atoms with Crippen LogP contribution in [0.4, 0.5) is 13.2 Å². The highest BCUT2D eigenvalue weighted by Crippen LogP contribution is 2.32. The van der Waals surface area contributed by atoms with E-state index in [1.54, 1.807) is 7.11 Å². The summed E-state index contributed by atoms with van der Waals surface area (Å²) in [4.78, 5) is 11.5. The van der Waals surface area contributed by atoms with Gasteiger partial charge in [0.2, 0.25) is 0 Å². The summed E-state index contributed by atoms with van der Waals surface area (Å²) in [6, 6.07) is 11.6. The number of fused-ring (bicyclic) bond motifs is 2. The normalized spacial score (nSPS) is 14.5. The SMILES string of the molecule is COc1ccc2c(c1)c(CN1CCc3nc(-c4ccc(C(F)(F)F)cc4)ncc3C1)cn2C(C)C. The fourth-order valence-electron chi connectivity index (χ4n) is 4.68. The molecule has 1 aliphatic rings. The third-order valence-corrected chi connectivity index (χ3v) is 6.56. The van der Waals surface area contributed by atoms with Gasteiger partial charge in [0, 0.05) is 66.5 Å². The lowest BCUT2D eigenvalue weighted by Crippen LogP contribution is -2.30. The molecule has 5 rings (SSSR count). The predicted octanol–water partition coefficient (Wildman–Crippen LogP) is 6.26. The molecule has 1 aliphatic heterocycles. The van der Waals surface area contributed by atoms with Crippen molar-refractivity contribution in [1.82, 2.24) is 19.4 Å². The minimum Gasteiger partial charge on any atom is -0.497 e. The monoisotopic (exact) mass is 480 g/mol. The number of halogens is 3. The van der Waals surface area contributed by atoms with Gasteiger partial charge in [-0.1, -0.05) is 12.1 Å².